The Hall–Kier alpha value is -3.02. The van der Waals surface area contributed by atoms with E-state index in [1.165, 1.54) is 18.8 Å². The summed E-state index contributed by atoms with van der Waals surface area (Å²) in [6.07, 6.45) is 3.06. The van der Waals surface area contributed by atoms with E-state index < -0.39 is 0 Å². The summed E-state index contributed by atoms with van der Waals surface area (Å²) in [5.74, 6) is 1.32. The van der Waals surface area contributed by atoms with Gasteiger partial charge < -0.3 is 5.32 Å². The molecule has 2 aromatic heterocycles. The lowest BCUT2D eigenvalue weighted by molar-refractivity contribution is 0.101. The minimum Gasteiger partial charge on any atom is -0.363 e. The van der Waals surface area contributed by atoms with E-state index in [1.54, 1.807) is 10.9 Å². The number of hydrogen-bond donors (Lipinski definition) is 1. The van der Waals surface area contributed by atoms with Gasteiger partial charge in [-0.3, -0.25) is 4.79 Å². The Morgan fingerprint density at radius 3 is 2.62 bits per heavy atom. The maximum atomic E-state index is 11.6. The lowest BCUT2D eigenvalue weighted by Gasteiger charge is -2.15. The van der Waals surface area contributed by atoms with Crippen LogP contribution in [0.4, 0.5) is 5.82 Å². The third-order valence-electron chi connectivity index (χ3n) is 3.92. The summed E-state index contributed by atoms with van der Waals surface area (Å²) in [6, 6.07) is 12.1. The van der Waals surface area contributed by atoms with Crippen LogP contribution in [0.2, 0.25) is 0 Å². The van der Waals surface area contributed by atoms with Crippen molar-refractivity contribution in [2.75, 3.05) is 5.32 Å². The summed E-state index contributed by atoms with van der Waals surface area (Å²) in [5, 5.41) is 7.62. The van der Waals surface area contributed by atoms with Crippen LogP contribution in [0.1, 0.15) is 41.5 Å². The summed E-state index contributed by atoms with van der Waals surface area (Å²) in [4.78, 5) is 20.1. The van der Waals surface area contributed by atoms with Gasteiger partial charge in [0.15, 0.2) is 11.6 Å². The van der Waals surface area contributed by atoms with Gasteiger partial charge in [-0.25, -0.2) is 14.6 Å². The fraction of sp³-hybridized carbons (Fsp3) is 0.222. The largest absolute Gasteiger partial charge is 0.363 e. The van der Waals surface area contributed by atoms with Gasteiger partial charge in [-0.05, 0) is 26.3 Å². The lowest BCUT2D eigenvalue weighted by atomic mass is 10.1. The van der Waals surface area contributed by atoms with E-state index in [4.69, 9.17) is 0 Å². The predicted octanol–water partition coefficient (Wildman–Crippen LogP) is 3.35. The SMILES string of the molecule is CC(=O)c1cnn(-c2cc(NC(C)c3ccccc3)ncn2)c1C. The zero-order chi connectivity index (χ0) is 17.1. The Morgan fingerprint density at radius 1 is 1.21 bits per heavy atom. The Morgan fingerprint density at radius 2 is 1.96 bits per heavy atom. The molecule has 3 rings (SSSR count). The first-order valence-corrected chi connectivity index (χ1v) is 7.75. The van der Waals surface area contributed by atoms with Gasteiger partial charge in [0.05, 0.1) is 17.5 Å². The molecule has 1 atom stereocenters. The normalized spacial score (nSPS) is 12.0. The van der Waals surface area contributed by atoms with Crippen LogP contribution in [0.5, 0.6) is 0 Å². The number of nitrogens with zero attached hydrogens (tertiary/aromatic N) is 4. The molecule has 1 unspecified atom stereocenters. The van der Waals surface area contributed by atoms with Crippen molar-refractivity contribution >= 4 is 11.6 Å². The second-order valence-corrected chi connectivity index (χ2v) is 5.65. The monoisotopic (exact) mass is 321 g/mol. The average Bonchev–Trinajstić information content (AvgIpc) is 2.97. The Labute approximate surface area is 140 Å². The molecule has 1 N–H and O–H groups in total. The highest BCUT2D eigenvalue weighted by atomic mass is 16.1. The second-order valence-electron chi connectivity index (χ2n) is 5.65. The first kappa shape index (κ1) is 15.9. The van der Waals surface area contributed by atoms with E-state index in [9.17, 15) is 4.79 Å². The molecule has 3 aromatic rings. The van der Waals surface area contributed by atoms with Gasteiger partial charge in [0.2, 0.25) is 0 Å². The molecular weight excluding hydrogens is 302 g/mol. The quantitative estimate of drug-likeness (QED) is 0.730. The van der Waals surface area contributed by atoms with Crippen LogP contribution in [0.15, 0.2) is 48.9 Å². The molecule has 0 aliphatic rings. The number of hydrogen-bond acceptors (Lipinski definition) is 5. The molecule has 0 saturated heterocycles. The highest BCUT2D eigenvalue weighted by Gasteiger charge is 2.13. The molecule has 6 heteroatoms. The maximum Gasteiger partial charge on any atom is 0.163 e. The number of Topliss-reactive ketones (excluding diaryl/α,β-unsaturated/α-hetero) is 1. The molecule has 0 spiro atoms. The van der Waals surface area contributed by atoms with Gasteiger partial charge in [0.1, 0.15) is 12.1 Å². The van der Waals surface area contributed by atoms with Crippen molar-refractivity contribution in [2.24, 2.45) is 0 Å². The van der Waals surface area contributed by atoms with Gasteiger partial charge in [0, 0.05) is 12.1 Å². The number of carbonyl (C=O) groups is 1. The van der Waals surface area contributed by atoms with Gasteiger partial charge in [0.25, 0.3) is 0 Å². The molecule has 0 aliphatic heterocycles. The number of rotatable bonds is 5. The Bertz CT molecular complexity index is 857. The minimum absolute atomic E-state index is 0.0103. The molecule has 0 radical (unpaired) electrons. The summed E-state index contributed by atoms with van der Waals surface area (Å²) in [7, 11) is 0. The first-order chi connectivity index (χ1) is 11.6. The van der Waals surface area contributed by atoms with Crippen molar-refractivity contribution < 1.29 is 4.79 Å². The zero-order valence-electron chi connectivity index (χ0n) is 13.9. The number of aromatic nitrogens is 4. The number of anilines is 1. The Kier molecular flexibility index (Phi) is 4.37. The third kappa shape index (κ3) is 3.17. The van der Waals surface area contributed by atoms with E-state index in [0.29, 0.717) is 17.2 Å². The lowest BCUT2D eigenvalue weighted by Crippen LogP contribution is -2.10. The molecule has 1 aromatic carbocycles. The maximum absolute atomic E-state index is 11.6. The predicted molar refractivity (Wildman–Crippen MR) is 92.4 cm³/mol. The van der Waals surface area contributed by atoms with Crippen molar-refractivity contribution in [1.29, 1.82) is 0 Å². The minimum atomic E-state index is -0.0103. The molecule has 24 heavy (non-hydrogen) atoms. The number of carbonyl (C=O) groups excluding carboxylic acids is 1. The standard InChI is InChI=1S/C18H19N5O/c1-12(15-7-5-4-6-8-15)22-17-9-18(20-11-19-17)23-13(2)16(10-21-23)14(3)24/h4-12H,1-3H3,(H,19,20,22). The topological polar surface area (TPSA) is 72.7 Å². The highest BCUT2D eigenvalue weighted by Crippen LogP contribution is 2.19. The number of nitrogens with one attached hydrogen (secondary N) is 1. The summed E-state index contributed by atoms with van der Waals surface area (Å²) >= 11 is 0. The van der Waals surface area contributed by atoms with Gasteiger partial charge in [-0.15, -0.1) is 0 Å². The van der Waals surface area contributed by atoms with Crippen molar-refractivity contribution in [2.45, 2.75) is 26.8 Å². The molecule has 0 fully saturated rings. The van der Waals surface area contributed by atoms with Crippen LogP contribution in [0.3, 0.4) is 0 Å². The molecule has 0 saturated carbocycles. The van der Waals surface area contributed by atoms with E-state index in [0.717, 1.165) is 5.69 Å². The number of benzene rings is 1. The molecule has 0 bridgehead atoms. The van der Waals surface area contributed by atoms with Crippen molar-refractivity contribution in [1.82, 2.24) is 19.7 Å². The Balaban J connectivity index is 1.86. The summed E-state index contributed by atoms with van der Waals surface area (Å²) < 4.78 is 1.65. The van der Waals surface area contributed by atoms with E-state index in [-0.39, 0.29) is 11.8 Å². The van der Waals surface area contributed by atoms with Crippen molar-refractivity contribution in [3.63, 3.8) is 0 Å². The zero-order valence-corrected chi connectivity index (χ0v) is 13.9. The van der Waals surface area contributed by atoms with Crippen LogP contribution in [0.25, 0.3) is 5.82 Å². The van der Waals surface area contributed by atoms with E-state index >= 15 is 0 Å². The fourth-order valence-electron chi connectivity index (χ4n) is 2.57. The van der Waals surface area contributed by atoms with Gasteiger partial charge in [-0.1, -0.05) is 30.3 Å². The number of ketones is 1. The highest BCUT2D eigenvalue weighted by molar-refractivity contribution is 5.95. The smallest absolute Gasteiger partial charge is 0.163 e. The van der Waals surface area contributed by atoms with Crippen LogP contribution < -0.4 is 5.32 Å². The molecule has 0 amide bonds. The fourth-order valence-corrected chi connectivity index (χ4v) is 2.57. The third-order valence-corrected chi connectivity index (χ3v) is 3.92. The van der Waals surface area contributed by atoms with Crippen molar-refractivity contribution in [3.05, 3.63) is 65.7 Å². The second kappa shape index (κ2) is 6.62. The molecular formula is C18H19N5O. The van der Waals surface area contributed by atoms with Crippen LogP contribution >= 0.6 is 0 Å². The molecule has 6 nitrogen and oxygen atoms in total. The first-order valence-electron chi connectivity index (χ1n) is 7.75. The average molecular weight is 321 g/mol. The summed E-state index contributed by atoms with van der Waals surface area (Å²) in [5.41, 5.74) is 2.54. The van der Waals surface area contributed by atoms with E-state index in [2.05, 4.69) is 39.4 Å². The van der Waals surface area contributed by atoms with Crippen LogP contribution in [-0.2, 0) is 0 Å². The molecule has 0 aliphatic carbocycles. The summed E-state index contributed by atoms with van der Waals surface area (Å²) in [6.45, 7) is 5.46. The van der Waals surface area contributed by atoms with Crippen LogP contribution in [-0.4, -0.2) is 25.5 Å². The molecule has 2 heterocycles. The van der Waals surface area contributed by atoms with Gasteiger partial charge >= 0.3 is 0 Å². The van der Waals surface area contributed by atoms with E-state index in [1.807, 2.05) is 31.2 Å². The molecule has 122 valence electrons. The van der Waals surface area contributed by atoms with Crippen molar-refractivity contribution in [3.8, 4) is 5.82 Å². The van der Waals surface area contributed by atoms with Gasteiger partial charge in [-0.2, -0.15) is 5.10 Å². The van der Waals surface area contributed by atoms with Crippen LogP contribution in [0, 0.1) is 6.92 Å².